The van der Waals surface area contributed by atoms with E-state index in [-0.39, 0.29) is 11.9 Å². The predicted molar refractivity (Wildman–Crippen MR) is 131 cm³/mol. The lowest BCUT2D eigenvalue weighted by Gasteiger charge is -2.33. The van der Waals surface area contributed by atoms with E-state index in [2.05, 4.69) is 42.5 Å². The maximum absolute atomic E-state index is 13.5. The van der Waals surface area contributed by atoms with Gasteiger partial charge in [-0.05, 0) is 42.5 Å². The first-order valence-electron chi connectivity index (χ1n) is 11.9. The number of carbonyl (C=O) groups is 1. The number of fused-ring (bicyclic) bond motifs is 2. The molecule has 0 saturated carbocycles. The molecule has 1 amide bonds. The van der Waals surface area contributed by atoms with Crippen LogP contribution in [0.15, 0.2) is 67.0 Å². The van der Waals surface area contributed by atoms with Gasteiger partial charge in [0.05, 0.1) is 6.04 Å². The first kappa shape index (κ1) is 22.9. The van der Waals surface area contributed by atoms with Crippen LogP contribution < -0.4 is 10.1 Å². The van der Waals surface area contributed by atoms with Crippen LogP contribution in [0, 0.1) is 5.92 Å². The smallest absolute Gasteiger partial charge is 0.223 e. The first-order valence-corrected chi connectivity index (χ1v) is 11.9. The molecule has 4 rings (SSSR count). The molecule has 1 aromatic heterocycles. The van der Waals surface area contributed by atoms with Gasteiger partial charge in [0.2, 0.25) is 5.91 Å². The minimum Gasteiger partial charge on any atom is -0.491 e. The number of hydrogen-bond acceptors (Lipinski definition) is 4. The van der Waals surface area contributed by atoms with Crippen molar-refractivity contribution in [1.82, 2.24) is 14.7 Å². The van der Waals surface area contributed by atoms with Crippen molar-refractivity contribution in [2.24, 2.45) is 5.92 Å². The molecule has 33 heavy (non-hydrogen) atoms. The van der Waals surface area contributed by atoms with E-state index in [0.29, 0.717) is 32.0 Å². The van der Waals surface area contributed by atoms with Crippen molar-refractivity contribution in [3.8, 4) is 5.75 Å². The van der Waals surface area contributed by atoms with Gasteiger partial charge in [0.15, 0.2) is 0 Å². The van der Waals surface area contributed by atoms with Crippen LogP contribution in [0.25, 0.3) is 0 Å². The molecule has 0 spiro atoms. The molecule has 6 heteroatoms. The maximum Gasteiger partial charge on any atom is 0.223 e. The van der Waals surface area contributed by atoms with Crippen LogP contribution in [-0.4, -0.2) is 33.2 Å². The second-order valence-electron chi connectivity index (χ2n) is 9.11. The zero-order valence-corrected chi connectivity index (χ0v) is 19.6. The summed E-state index contributed by atoms with van der Waals surface area (Å²) in [5, 5.41) is 7.82. The number of benzene rings is 2. The summed E-state index contributed by atoms with van der Waals surface area (Å²) in [6, 6.07) is 18.4. The van der Waals surface area contributed by atoms with Crippen LogP contribution in [0.5, 0.6) is 5.75 Å². The molecule has 0 radical (unpaired) electrons. The van der Waals surface area contributed by atoms with E-state index in [4.69, 9.17) is 4.74 Å². The Morgan fingerprint density at radius 1 is 1.12 bits per heavy atom. The molecule has 2 aromatic carbocycles. The van der Waals surface area contributed by atoms with E-state index in [1.165, 1.54) is 0 Å². The largest absolute Gasteiger partial charge is 0.491 e. The van der Waals surface area contributed by atoms with Gasteiger partial charge < -0.3 is 15.0 Å². The average molecular weight is 447 g/mol. The van der Waals surface area contributed by atoms with E-state index in [1.807, 2.05) is 52.2 Å². The maximum atomic E-state index is 13.5. The number of carbonyl (C=O) groups excluding carboxylic acids is 1. The summed E-state index contributed by atoms with van der Waals surface area (Å²) in [6.45, 7) is 6.89. The summed E-state index contributed by atoms with van der Waals surface area (Å²) in [4.78, 5) is 15.6. The average Bonchev–Trinajstić information content (AvgIpc) is 3.32. The molecule has 0 fully saturated rings. The number of aromatic nitrogens is 2. The third-order valence-electron chi connectivity index (χ3n) is 6.07. The molecule has 1 aliphatic heterocycles. The third kappa shape index (κ3) is 6.15. The Hall–Kier alpha value is -3.28. The van der Waals surface area contributed by atoms with Gasteiger partial charge in [-0.25, -0.2) is 0 Å². The van der Waals surface area contributed by atoms with Crippen LogP contribution in [0.3, 0.4) is 0 Å². The van der Waals surface area contributed by atoms with Crippen molar-refractivity contribution in [2.45, 2.75) is 58.8 Å². The first-order chi connectivity index (χ1) is 16.1. The molecule has 1 atom stereocenters. The van der Waals surface area contributed by atoms with E-state index < -0.39 is 0 Å². The highest BCUT2D eigenvalue weighted by molar-refractivity contribution is 5.77. The van der Waals surface area contributed by atoms with Crippen molar-refractivity contribution < 1.29 is 9.53 Å². The summed E-state index contributed by atoms with van der Waals surface area (Å²) in [5.74, 6) is 1.50. The second-order valence-corrected chi connectivity index (χ2v) is 9.11. The van der Waals surface area contributed by atoms with E-state index in [0.717, 1.165) is 42.0 Å². The number of anilines is 1. The van der Waals surface area contributed by atoms with E-state index in [1.54, 1.807) is 6.20 Å². The Balaban J connectivity index is 1.61. The van der Waals surface area contributed by atoms with Gasteiger partial charge in [0, 0.05) is 49.7 Å². The lowest BCUT2D eigenvalue weighted by atomic mass is 10.0. The summed E-state index contributed by atoms with van der Waals surface area (Å²) in [6.07, 6.45) is 5.85. The molecule has 0 saturated heterocycles. The normalized spacial score (nSPS) is 16.2. The summed E-state index contributed by atoms with van der Waals surface area (Å²) in [5.41, 5.74) is 3.31. The molecule has 1 aliphatic rings. The highest BCUT2D eigenvalue weighted by Crippen LogP contribution is 2.27. The topological polar surface area (TPSA) is 59.4 Å². The SMILES string of the molecule is CC(C)C[C@H]1COc2ccccc2CNc2ccccc2CN1C(=O)CCCn1cccn1. The van der Waals surface area contributed by atoms with Crippen molar-refractivity contribution in [1.29, 1.82) is 0 Å². The Bertz CT molecular complexity index is 1030. The molecule has 174 valence electrons. The number of aryl methyl sites for hydroxylation is 1. The standard InChI is InChI=1S/C27H34N4O2/c1-21(2)17-24-20-33-26-12-6-4-9-22(26)18-28-25-11-5-3-10-23(25)19-31(24)27(32)13-7-15-30-16-8-14-29-30/h3-6,8-12,14,16,21,24,28H,7,13,15,17-20H2,1-2H3/t24-/m0/s1. The summed E-state index contributed by atoms with van der Waals surface area (Å²) < 4.78 is 8.21. The lowest BCUT2D eigenvalue weighted by molar-refractivity contribution is -0.135. The van der Waals surface area contributed by atoms with Crippen LogP contribution in [0.4, 0.5) is 5.69 Å². The highest BCUT2D eigenvalue weighted by atomic mass is 16.5. The van der Waals surface area contributed by atoms with Gasteiger partial charge in [0.1, 0.15) is 12.4 Å². The van der Waals surface area contributed by atoms with Crippen molar-refractivity contribution in [3.63, 3.8) is 0 Å². The molecular formula is C27H34N4O2. The van der Waals surface area contributed by atoms with Crippen molar-refractivity contribution >= 4 is 11.6 Å². The van der Waals surface area contributed by atoms with Gasteiger partial charge in [-0.15, -0.1) is 0 Å². The quantitative estimate of drug-likeness (QED) is 0.572. The van der Waals surface area contributed by atoms with Crippen LogP contribution >= 0.6 is 0 Å². The third-order valence-corrected chi connectivity index (χ3v) is 6.07. The molecule has 1 N–H and O–H groups in total. The Labute approximate surface area is 196 Å². The highest BCUT2D eigenvalue weighted by Gasteiger charge is 2.27. The van der Waals surface area contributed by atoms with Crippen LogP contribution in [0.1, 0.15) is 44.2 Å². The fourth-order valence-electron chi connectivity index (χ4n) is 4.40. The molecule has 6 nitrogen and oxygen atoms in total. The number of rotatable bonds is 6. The lowest BCUT2D eigenvalue weighted by Crippen LogP contribution is -2.44. The summed E-state index contributed by atoms with van der Waals surface area (Å²) >= 11 is 0. The van der Waals surface area contributed by atoms with Crippen molar-refractivity contribution in [3.05, 3.63) is 78.1 Å². The molecule has 0 aliphatic carbocycles. The van der Waals surface area contributed by atoms with Crippen LogP contribution in [0.2, 0.25) is 0 Å². The number of nitrogens with zero attached hydrogens (tertiary/aromatic N) is 3. The number of hydrogen-bond donors (Lipinski definition) is 1. The number of amides is 1. The number of nitrogens with one attached hydrogen (secondary N) is 1. The predicted octanol–water partition coefficient (Wildman–Crippen LogP) is 5.11. The van der Waals surface area contributed by atoms with Gasteiger partial charge in [-0.2, -0.15) is 5.10 Å². The molecular weight excluding hydrogens is 412 g/mol. The van der Waals surface area contributed by atoms with E-state index >= 15 is 0 Å². The van der Waals surface area contributed by atoms with Crippen LogP contribution in [-0.2, 0) is 24.4 Å². The van der Waals surface area contributed by atoms with Gasteiger partial charge in [-0.1, -0.05) is 50.2 Å². The minimum absolute atomic E-state index is 0.00131. The Kier molecular flexibility index (Phi) is 7.66. The Morgan fingerprint density at radius 3 is 2.70 bits per heavy atom. The minimum atomic E-state index is 0.00131. The van der Waals surface area contributed by atoms with Gasteiger partial charge in [-0.3, -0.25) is 9.48 Å². The van der Waals surface area contributed by atoms with Gasteiger partial charge >= 0.3 is 0 Å². The number of para-hydroxylation sites is 2. The number of ether oxygens (including phenoxy) is 1. The fraction of sp³-hybridized carbons (Fsp3) is 0.407. The molecule has 0 unspecified atom stereocenters. The van der Waals surface area contributed by atoms with Gasteiger partial charge in [0.25, 0.3) is 0 Å². The van der Waals surface area contributed by atoms with Crippen molar-refractivity contribution in [2.75, 3.05) is 11.9 Å². The molecule has 0 bridgehead atoms. The fourth-order valence-corrected chi connectivity index (χ4v) is 4.40. The summed E-state index contributed by atoms with van der Waals surface area (Å²) in [7, 11) is 0. The molecule has 2 heterocycles. The van der Waals surface area contributed by atoms with E-state index in [9.17, 15) is 4.79 Å². The zero-order valence-electron chi connectivity index (χ0n) is 19.6. The Morgan fingerprint density at radius 2 is 1.91 bits per heavy atom. The zero-order chi connectivity index (χ0) is 23.0. The molecule has 3 aromatic rings. The monoisotopic (exact) mass is 446 g/mol. The second kappa shape index (κ2) is 11.0.